The molecule has 2 heterocycles. The van der Waals surface area contributed by atoms with Crippen LogP contribution in [0.3, 0.4) is 0 Å². The molecule has 0 spiro atoms. The van der Waals surface area contributed by atoms with Gasteiger partial charge < -0.3 is 8.94 Å². The topological polar surface area (TPSA) is 52.1 Å². The van der Waals surface area contributed by atoms with Crippen molar-refractivity contribution in [1.29, 1.82) is 0 Å². The number of nitrogens with zero attached hydrogens (tertiary/aromatic N) is 2. The van der Waals surface area contributed by atoms with Gasteiger partial charge in [-0.05, 0) is 48.0 Å². The molecule has 0 aliphatic heterocycles. The summed E-state index contributed by atoms with van der Waals surface area (Å²) in [6, 6.07) is 16.1. The van der Waals surface area contributed by atoms with E-state index in [1.54, 1.807) is 42.1 Å². The fourth-order valence-electron chi connectivity index (χ4n) is 2.49. The lowest BCUT2D eigenvalue weighted by Crippen LogP contribution is -1.86. The van der Waals surface area contributed by atoms with Crippen LogP contribution < -0.4 is 0 Å². The smallest absolute Gasteiger partial charge is 0.293 e. The van der Waals surface area contributed by atoms with E-state index in [1.165, 1.54) is 18.2 Å². The van der Waals surface area contributed by atoms with Crippen LogP contribution in [0.1, 0.15) is 11.3 Å². The van der Waals surface area contributed by atoms with Gasteiger partial charge in [0.15, 0.2) is 5.76 Å². The van der Waals surface area contributed by atoms with E-state index in [0.717, 1.165) is 5.76 Å². The first-order valence-corrected chi connectivity index (χ1v) is 9.34. The quantitative estimate of drug-likeness (QED) is 0.426. The molecule has 2 aromatic heterocycles. The van der Waals surface area contributed by atoms with Crippen LogP contribution in [0.15, 0.2) is 69.6 Å². The Morgan fingerprint density at radius 3 is 2.52 bits per heavy atom. The number of thioether (sulfide) groups is 1. The lowest BCUT2D eigenvalue weighted by Gasteiger charge is -2.01. The molecule has 0 amide bonds. The Morgan fingerprint density at radius 1 is 0.889 bits per heavy atom. The second-order valence-corrected chi connectivity index (χ2v) is 6.77. The minimum atomic E-state index is -0.328. The summed E-state index contributed by atoms with van der Waals surface area (Å²) in [6.45, 7) is 0. The van der Waals surface area contributed by atoms with Gasteiger partial charge >= 0.3 is 0 Å². The fourth-order valence-corrected chi connectivity index (χ4v) is 3.40. The molecular weight excluding hydrogens is 370 g/mol. The summed E-state index contributed by atoms with van der Waals surface area (Å²) in [5, 5.41) is 3.90. The van der Waals surface area contributed by atoms with Crippen LogP contribution in [0.4, 0.5) is 8.78 Å². The standard InChI is InChI=1S/C20H14F2N2O2S/c21-15-7-5-13(6-8-15)19-23-20(26-24-19)18-10-9-16(25-18)12-27-11-14-3-1-2-4-17(14)22/h1-10H,11-12H2. The van der Waals surface area contributed by atoms with Crippen LogP contribution >= 0.6 is 11.8 Å². The minimum absolute atomic E-state index is 0.204. The number of hydrogen-bond donors (Lipinski definition) is 0. The van der Waals surface area contributed by atoms with Crippen molar-refractivity contribution in [3.05, 3.63) is 83.6 Å². The average Bonchev–Trinajstić information content (AvgIpc) is 3.33. The second-order valence-electron chi connectivity index (χ2n) is 5.78. The van der Waals surface area contributed by atoms with Crippen LogP contribution in [0.5, 0.6) is 0 Å². The molecule has 0 atom stereocenters. The zero-order valence-corrected chi connectivity index (χ0v) is 14.9. The Kier molecular flexibility index (Phi) is 5.02. The number of halogens is 2. The lowest BCUT2D eigenvalue weighted by atomic mass is 10.2. The normalized spacial score (nSPS) is 11.0. The summed E-state index contributed by atoms with van der Waals surface area (Å²) in [5.74, 6) is 2.41. The number of hydrogen-bond acceptors (Lipinski definition) is 5. The van der Waals surface area contributed by atoms with Crippen LogP contribution in [0.2, 0.25) is 0 Å². The monoisotopic (exact) mass is 384 g/mol. The number of benzene rings is 2. The van der Waals surface area contributed by atoms with Crippen molar-refractivity contribution in [3.63, 3.8) is 0 Å². The van der Waals surface area contributed by atoms with Crippen molar-refractivity contribution in [1.82, 2.24) is 10.1 Å². The largest absolute Gasteiger partial charge is 0.455 e. The van der Waals surface area contributed by atoms with Gasteiger partial charge in [0.25, 0.3) is 5.89 Å². The maximum atomic E-state index is 13.6. The maximum Gasteiger partial charge on any atom is 0.293 e. The molecule has 0 aliphatic carbocycles. The summed E-state index contributed by atoms with van der Waals surface area (Å²) in [4.78, 5) is 4.28. The Labute approximate surface area is 158 Å². The van der Waals surface area contributed by atoms with Gasteiger partial charge in [-0.15, -0.1) is 11.8 Å². The van der Waals surface area contributed by atoms with Gasteiger partial charge in [-0.3, -0.25) is 0 Å². The molecule has 0 unspecified atom stereocenters. The van der Waals surface area contributed by atoms with E-state index in [-0.39, 0.29) is 17.5 Å². The van der Waals surface area contributed by atoms with Crippen LogP contribution in [-0.2, 0) is 11.5 Å². The van der Waals surface area contributed by atoms with Crippen molar-refractivity contribution < 1.29 is 17.7 Å². The highest BCUT2D eigenvalue weighted by molar-refractivity contribution is 7.97. The summed E-state index contributed by atoms with van der Waals surface area (Å²) in [5.41, 5.74) is 1.31. The molecule has 0 radical (unpaired) electrons. The zero-order valence-electron chi connectivity index (χ0n) is 14.1. The third-order valence-electron chi connectivity index (χ3n) is 3.86. The highest BCUT2D eigenvalue weighted by Crippen LogP contribution is 2.27. The molecule has 4 aromatic rings. The van der Waals surface area contributed by atoms with Gasteiger partial charge in [0.05, 0.1) is 5.75 Å². The van der Waals surface area contributed by atoms with E-state index in [1.807, 2.05) is 12.1 Å². The van der Waals surface area contributed by atoms with Crippen molar-refractivity contribution in [2.75, 3.05) is 0 Å². The van der Waals surface area contributed by atoms with E-state index in [4.69, 9.17) is 8.94 Å². The molecule has 0 bridgehead atoms. The van der Waals surface area contributed by atoms with Crippen LogP contribution in [0.25, 0.3) is 23.0 Å². The van der Waals surface area contributed by atoms with E-state index in [9.17, 15) is 8.78 Å². The Balaban J connectivity index is 1.41. The Hall–Kier alpha value is -2.93. The molecule has 136 valence electrons. The molecule has 7 heteroatoms. The molecule has 0 fully saturated rings. The number of aromatic nitrogens is 2. The highest BCUT2D eigenvalue weighted by Gasteiger charge is 2.14. The number of furan rings is 1. The third kappa shape index (κ3) is 4.09. The first-order chi connectivity index (χ1) is 13.2. The molecule has 0 saturated heterocycles. The predicted octanol–water partition coefficient (Wildman–Crippen LogP) is 5.71. The van der Waals surface area contributed by atoms with Gasteiger partial charge in [-0.1, -0.05) is 23.4 Å². The summed E-state index contributed by atoms with van der Waals surface area (Å²) in [6.07, 6.45) is 0. The molecule has 27 heavy (non-hydrogen) atoms. The van der Waals surface area contributed by atoms with Gasteiger partial charge in [0.2, 0.25) is 5.82 Å². The summed E-state index contributed by atoms with van der Waals surface area (Å²) < 4.78 is 37.6. The highest BCUT2D eigenvalue weighted by atomic mass is 32.2. The van der Waals surface area contributed by atoms with E-state index >= 15 is 0 Å². The van der Waals surface area contributed by atoms with Crippen molar-refractivity contribution in [3.8, 4) is 23.0 Å². The lowest BCUT2D eigenvalue weighted by molar-refractivity contribution is 0.413. The van der Waals surface area contributed by atoms with Crippen LogP contribution in [-0.4, -0.2) is 10.1 Å². The first-order valence-electron chi connectivity index (χ1n) is 8.19. The van der Waals surface area contributed by atoms with E-state index in [2.05, 4.69) is 10.1 Å². The van der Waals surface area contributed by atoms with Crippen LogP contribution in [0, 0.1) is 11.6 Å². The summed E-state index contributed by atoms with van der Waals surface area (Å²) in [7, 11) is 0. The summed E-state index contributed by atoms with van der Waals surface area (Å²) >= 11 is 1.55. The molecule has 2 aromatic carbocycles. The maximum absolute atomic E-state index is 13.6. The van der Waals surface area contributed by atoms with E-state index in [0.29, 0.717) is 34.2 Å². The fraction of sp³-hybridized carbons (Fsp3) is 0.100. The Bertz CT molecular complexity index is 1040. The predicted molar refractivity (Wildman–Crippen MR) is 98.8 cm³/mol. The molecule has 4 nitrogen and oxygen atoms in total. The molecular formula is C20H14F2N2O2S. The van der Waals surface area contributed by atoms with Crippen molar-refractivity contribution in [2.45, 2.75) is 11.5 Å². The van der Waals surface area contributed by atoms with E-state index < -0.39 is 0 Å². The second kappa shape index (κ2) is 7.75. The van der Waals surface area contributed by atoms with Crippen molar-refractivity contribution >= 4 is 11.8 Å². The first kappa shape index (κ1) is 17.5. The minimum Gasteiger partial charge on any atom is -0.455 e. The number of rotatable bonds is 6. The SMILES string of the molecule is Fc1ccc(-c2noc(-c3ccc(CSCc4ccccc4F)o3)n2)cc1. The van der Waals surface area contributed by atoms with Gasteiger partial charge in [-0.2, -0.15) is 4.98 Å². The Morgan fingerprint density at radius 2 is 1.70 bits per heavy atom. The van der Waals surface area contributed by atoms with Crippen molar-refractivity contribution in [2.24, 2.45) is 0 Å². The average molecular weight is 384 g/mol. The molecule has 0 aliphatic rings. The molecule has 0 saturated carbocycles. The zero-order chi connectivity index (χ0) is 18.6. The van der Waals surface area contributed by atoms with Gasteiger partial charge in [0, 0.05) is 11.3 Å². The molecule has 4 rings (SSSR count). The molecule has 0 N–H and O–H groups in total. The third-order valence-corrected chi connectivity index (χ3v) is 4.86. The van der Waals surface area contributed by atoms with Gasteiger partial charge in [0.1, 0.15) is 17.4 Å². The van der Waals surface area contributed by atoms with Gasteiger partial charge in [-0.25, -0.2) is 8.78 Å².